The molecule has 0 radical (unpaired) electrons. The van der Waals surface area contributed by atoms with E-state index in [1.54, 1.807) is 6.20 Å². The first-order valence-electron chi connectivity index (χ1n) is 5.56. The first-order chi connectivity index (χ1) is 7.69. The van der Waals surface area contributed by atoms with Gasteiger partial charge in [0, 0.05) is 36.4 Å². The lowest BCUT2D eigenvalue weighted by atomic mass is 10.1. The Morgan fingerprint density at radius 2 is 2.38 bits per heavy atom. The number of halogens is 1. The van der Waals surface area contributed by atoms with Crippen LogP contribution in [0.25, 0.3) is 0 Å². The van der Waals surface area contributed by atoms with Gasteiger partial charge < -0.3 is 4.90 Å². The quantitative estimate of drug-likeness (QED) is 0.854. The third-order valence-corrected chi connectivity index (χ3v) is 3.44. The van der Waals surface area contributed by atoms with Crippen LogP contribution in [-0.2, 0) is 11.3 Å². The summed E-state index contributed by atoms with van der Waals surface area (Å²) in [6.45, 7) is 3.71. The maximum absolute atomic E-state index is 11.7. The van der Waals surface area contributed by atoms with Crippen LogP contribution in [0, 0.1) is 5.92 Å². The minimum atomic E-state index is 0.270. The van der Waals surface area contributed by atoms with E-state index in [1.165, 1.54) is 0 Å². The number of pyridine rings is 1. The van der Waals surface area contributed by atoms with E-state index in [0.717, 1.165) is 23.0 Å². The van der Waals surface area contributed by atoms with Gasteiger partial charge in [-0.2, -0.15) is 0 Å². The van der Waals surface area contributed by atoms with Crippen molar-refractivity contribution in [1.29, 1.82) is 0 Å². The predicted octanol–water partition coefficient (Wildman–Crippen LogP) is 2.60. The number of nitrogens with zero attached hydrogens (tertiary/aromatic N) is 2. The highest BCUT2D eigenvalue weighted by atomic mass is 79.9. The molecule has 16 heavy (non-hydrogen) atoms. The molecule has 1 aromatic rings. The van der Waals surface area contributed by atoms with Gasteiger partial charge in [-0.05, 0) is 33.5 Å². The fourth-order valence-corrected chi connectivity index (χ4v) is 2.46. The van der Waals surface area contributed by atoms with Gasteiger partial charge in [-0.25, -0.2) is 0 Å². The Kier molecular flexibility index (Phi) is 3.59. The van der Waals surface area contributed by atoms with Crippen LogP contribution in [-0.4, -0.2) is 22.3 Å². The van der Waals surface area contributed by atoms with Crippen molar-refractivity contribution in [3.05, 3.63) is 28.5 Å². The molecule has 0 N–H and O–H groups in total. The van der Waals surface area contributed by atoms with E-state index in [2.05, 4.69) is 27.8 Å². The first-order valence-corrected chi connectivity index (χ1v) is 6.35. The maximum Gasteiger partial charge on any atom is 0.223 e. The summed E-state index contributed by atoms with van der Waals surface area (Å²) < 4.78 is 0.962. The summed E-state index contributed by atoms with van der Waals surface area (Å²) in [6.07, 6.45) is 5.36. The highest BCUT2D eigenvalue weighted by Crippen LogP contribution is 2.22. The highest BCUT2D eigenvalue weighted by molar-refractivity contribution is 9.10. The molecule has 86 valence electrons. The summed E-state index contributed by atoms with van der Waals surface area (Å²) in [4.78, 5) is 17.8. The molecule has 1 fully saturated rings. The van der Waals surface area contributed by atoms with E-state index in [4.69, 9.17) is 0 Å². The van der Waals surface area contributed by atoms with Crippen LogP contribution < -0.4 is 0 Å². The second-order valence-electron chi connectivity index (χ2n) is 4.26. The van der Waals surface area contributed by atoms with Crippen molar-refractivity contribution < 1.29 is 4.79 Å². The van der Waals surface area contributed by atoms with E-state index in [-0.39, 0.29) is 5.91 Å². The molecular weight excluding hydrogens is 268 g/mol. The van der Waals surface area contributed by atoms with Crippen LogP contribution in [0.5, 0.6) is 0 Å². The average molecular weight is 283 g/mol. The van der Waals surface area contributed by atoms with Gasteiger partial charge in [0.15, 0.2) is 0 Å². The van der Waals surface area contributed by atoms with Crippen molar-refractivity contribution in [3.63, 3.8) is 0 Å². The molecule has 1 aromatic heterocycles. The summed E-state index contributed by atoms with van der Waals surface area (Å²) in [7, 11) is 0. The second-order valence-corrected chi connectivity index (χ2v) is 5.18. The molecule has 1 aliphatic heterocycles. The maximum atomic E-state index is 11.7. The van der Waals surface area contributed by atoms with Gasteiger partial charge in [0.1, 0.15) is 0 Å². The summed E-state index contributed by atoms with van der Waals surface area (Å²) in [5.74, 6) is 0.805. The van der Waals surface area contributed by atoms with E-state index in [0.29, 0.717) is 18.9 Å². The Labute approximate surface area is 104 Å². The third kappa shape index (κ3) is 2.61. The van der Waals surface area contributed by atoms with E-state index >= 15 is 0 Å². The number of carbonyl (C=O) groups is 1. The third-order valence-electron chi connectivity index (χ3n) is 3.01. The fourth-order valence-electron chi connectivity index (χ4n) is 2.04. The minimum Gasteiger partial charge on any atom is -0.338 e. The minimum absolute atomic E-state index is 0.270. The molecular formula is C12H15BrN2O. The molecule has 0 bridgehead atoms. The molecule has 2 rings (SSSR count). The molecule has 3 nitrogen and oxygen atoms in total. The van der Waals surface area contributed by atoms with Gasteiger partial charge in [-0.3, -0.25) is 9.78 Å². The average Bonchev–Trinajstić information content (AvgIpc) is 2.60. The Hall–Kier alpha value is -0.900. The van der Waals surface area contributed by atoms with Crippen LogP contribution >= 0.6 is 15.9 Å². The van der Waals surface area contributed by atoms with Crippen molar-refractivity contribution in [2.45, 2.75) is 26.3 Å². The molecule has 1 unspecified atom stereocenters. The Balaban J connectivity index is 2.03. The monoisotopic (exact) mass is 282 g/mol. The summed E-state index contributed by atoms with van der Waals surface area (Å²) >= 11 is 3.39. The fraction of sp³-hybridized carbons (Fsp3) is 0.500. The zero-order valence-corrected chi connectivity index (χ0v) is 10.9. The molecule has 2 heterocycles. The van der Waals surface area contributed by atoms with Crippen molar-refractivity contribution in [2.24, 2.45) is 5.92 Å². The largest absolute Gasteiger partial charge is 0.338 e. The zero-order chi connectivity index (χ0) is 11.5. The van der Waals surface area contributed by atoms with Gasteiger partial charge in [-0.1, -0.05) is 13.3 Å². The standard InChI is InChI=1S/C12H15BrN2O/c1-2-9-4-12(16)15(7-9)8-10-3-11(13)6-14-5-10/h3,5-6,9H,2,4,7-8H2,1H3. The summed E-state index contributed by atoms with van der Waals surface area (Å²) in [5.41, 5.74) is 1.08. The second kappa shape index (κ2) is 4.95. The lowest BCUT2D eigenvalue weighted by molar-refractivity contribution is -0.128. The van der Waals surface area contributed by atoms with Gasteiger partial charge in [0.25, 0.3) is 0 Å². The molecule has 0 saturated carbocycles. The van der Waals surface area contributed by atoms with Gasteiger partial charge in [0.2, 0.25) is 5.91 Å². The molecule has 0 aromatic carbocycles. The normalized spacial score (nSPS) is 20.5. The summed E-state index contributed by atoms with van der Waals surface area (Å²) in [5, 5.41) is 0. The first kappa shape index (κ1) is 11.6. The summed E-state index contributed by atoms with van der Waals surface area (Å²) in [6, 6.07) is 2.01. The van der Waals surface area contributed by atoms with Crippen molar-refractivity contribution in [2.75, 3.05) is 6.54 Å². The molecule has 1 saturated heterocycles. The molecule has 1 amide bonds. The molecule has 4 heteroatoms. The highest BCUT2D eigenvalue weighted by Gasteiger charge is 2.28. The van der Waals surface area contributed by atoms with Crippen molar-refractivity contribution in [1.82, 2.24) is 9.88 Å². The number of hydrogen-bond acceptors (Lipinski definition) is 2. The van der Waals surface area contributed by atoms with Crippen LogP contribution in [0.4, 0.5) is 0 Å². The van der Waals surface area contributed by atoms with Crippen LogP contribution in [0.3, 0.4) is 0 Å². The molecule has 0 aliphatic carbocycles. The predicted molar refractivity (Wildman–Crippen MR) is 65.8 cm³/mol. The number of carbonyl (C=O) groups excluding carboxylic acids is 1. The Morgan fingerprint density at radius 3 is 3.00 bits per heavy atom. The smallest absolute Gasteiger partial charge is 0.223 e. The zero-order valence-electron chi connectivity index (χ0n) is 9.32. The van der Waals surface area contributed by atoms with E-state index in [1.807, 2.05) is 17.2 Å². The number of rotatable bonds is 3. The van der Waals surface area contributed by atoms with Crippen molar-refractivity contribution in [3.8, 4) is 0 Å². The number of aromatic nitrogens is 1. The SMILES string of the molecule is CCC1CC(=O)N(Cc2cncc(Br)c2)C1. The molecule has 1 atom stereocenters. The van der Waals surface area contributed by atoms with E-state index in [9.17, 15) is 4.79 Å². The van der Waals surface area contributed by atoms with E-state index < -0.39 is 0 Å². The van der Waals surface area contributed by atoms with Crippen molar-refractivity contribution >= 4 is 21.8 Å². The number of likely N-dealkylation sites (tertiary alicyclic amines) is 1. The molecule has 1 aliphatic rings. The van der Waals surface area contributed by atoms with Crippen LogP contribution in [0.1, 0.15) is 25.3 Å². The van der Waals surface area contributed by atoms with Gasteiger partial charge >= 0.3 is 0 Å². The van der Waals surface area contributed by atoms with Gasteiger partial charge in [-0.15, -0.1) is 0 Å². The molecule has 0 spiro atoms. The van der Waals surface area contributed by atoms with Crippen LogP contribution in [0.2, 0.25) is 0 Å². The van der Waals surface area contributed by atoms with Gasteiger partial charge in [0.05, 0.1) is 0 Å². The number of hydrogen-bond donors (Lipinski definition) is 0. The topological polar surface area (TPSA) is 33.2 Å². The Bertz CT molecular complexity index is 394. The number of amides is 1. The lowest BCUT2D eigenvalue weighted by Crippen LogP contribution is -2.24. The lowest BCUT2D eigenvalue weighted by Gasteiger charge is -2.16. The Morgan fingerprint density at radius 1 is 1.56 bits per heavy atom. The van der Waals surface area contributed by atoms with Crippen LogP contribution in [0.15, 0.2) is 22.9 Å².